The third kappa shape index (κ3) is 4.79. The monoisotopic (exact) mass is 170 g/mol. The van der Waals surface area contributed by atoms with Crippen molar-refractivity contribution < 1.29 is 0 Å². The molecule has 0 heteroatoms. The average molecular weight is 170 g/mol. The van der Waals surface area contributed by atoms with Gasteiger partial charge in [0.25, 0.3) is 0 Å². The van der Waals surface area contributed by atoms with Gasteiger partial charge in [0.15, 0.2) is 0 Å². The molecule has 1 aliphatic carbocycles. The van der Waals surface area contributed by atoms with Crippen molar-refractivity contribution in [3.8, 4) is 0 Å². The topological polar surface area (TPSA) is 0 Å². The van der Waals surface area contributed by atoms with E-state index in [2.05, 4.69) is 6.92 Å². The molecule has 0 unspecified atom stereocenters. The van der Waals surface area contributed by atoms with Gasteiger partial charge in [-0.3, -0.25) is 0 Å². The van der Waals surface area contributed by atoms with Crippen LogP contribution in [0.5, 0.6) is 0 Å². The minimum absolute atomic E-state index is 0. The van der Waals surface area contributed by atoms with Crippen LogP contribution in [0.15, 0.2) is 0 Å². The van der Waals surface area contributed by atoms with Crippen LogP contribution in [0.2, 0.25) is 0 Å². The van der Waals surface area contributed by atoms with Crippen molar-refractivity contribution >= 4 is 0 Å². The lowest BCUT2D eigenvalue weighted by atomic mass is 9.86. The Morgan fingerprint density at radius 1 is 1.00 bits per heavy atom. The van der Waals surface area contributed by atoms with Crippen LogP contribution in [0.3, 0.4) is 0 Å². The van der Waals surface area contributed by atoms with Crippen molar-refractivity contribution in [3.05, 3.63) is 0 Å². The highest BCUT2D eigenvalue weighted by atomic mass is 14.2. The van der Waals surface area contributed by atoms with Gasteiger partial charge >= 0.3 is 0 Å². The Morgan fingerprint density at radius 3 is 2.25 bits per heavy atom. The Kier molecular flexibility index (Phi) is 7.64. The molecule has 0 N–H and O–H groups in total. The second-order valence-electron chi connectivity index (χ2n) is 4.00. The molecule has 12 heavy (non-hydrogen) atoms. The Morgan fingerprint density at radius 2 is 1.67 bits per heavy atom. The van der Waals surface area contributed by atoms with Crippen LogP contribution in [-0.2, 0) is 0 Å². The van der Waals surface area contributed by atoms with Gasteiger partial charge in [-0.2, -0.15) is 0 Å². The molecule has 0 spiro atoms. The average Bonchev–Trinajstić information content (AvgIpc) is 2.07. The molecule has 1 aliphatic rings. The summed E-state index contributed by atoms with van der Waals surface area (Å²) in [7, 11) is 0. The molecular weight excluding hydrogens is 144 g/mol. The van der Waals surface area contributed by atoms with Gasteiger partial charge in [-0.15, -0.1) is 0 Å². The maximum atomic E-state index is 2.29. The number of hydrogen-bond acceptors (Lipinski definition) is 0. The number of rotatable bonds is 4. The third-order valence-corrected chi connectivity index (χ3v) is 2.94. The minimum atomic E-state index is 0. The van der Waals surface area contributed by atoms with E-state index in [-0.39, 0.29) is 7.43 Å². The summed E-state index contributed by atoms with van der Waals surface area (Å²) in [5.41, 5.74) is 0. The standard InChI is InChI=1S/C11H22.CH4/c1-2-3-5-8-11-9-6-4-7-10-11;/h11H,2-10H2,1H3;1H4. The molecular formula is C12H26. The van der Waals surface area contributed by atoms with Gasteiger partial charge in [0.05, 0.1) is 0 Å². The van der Waals surface area contributed by atoms with E-state index in [9.17, 15) is 0 Å². The van der Waals surface area contributed by atoms with E-state index in [4.69, 9.17) is 0 Å². The van der Waals surface area contributed by atoms with Gasteiger partial charge in [0.1, 0.15) is 0 Å². The third-order valence-electron chi connectivity index (χ3n) is 2.94. The Labute approximate surface area is 78.8 Å². The summed E-state index contributed by atoms with van der Waals surface area (Å²) in [6, 6.07) is 0. The number of unbranched alkanes of at least 4 members (excludes halogenated alkanes) is 2. The summed E-state index contributed by atoms with van der Waals surface area (Å²) in [5.74, 6) is 1.11. The molecule has 0 amide bonds. The van der Waals surface area contributed by atoms with Gasteiger partial charge in [-0.1, -0.05) is 72.1 Å². The van der Waals surface area contributed by atoms with Gasteiger partial charge < -0.3 is 0 Å². The predicted octanol–water partition coefficient (Wildman–Crippen LogP) is 4.78. The normalized spacial score (nSPS) is 18.8. The fraction of sp³-hybridized carbons (Fsp3) is 1.00. The molecule has 0 bridgehead atoms. The summed E-state index contributed by atoms with van der Waals surface area (Å²) < 4.78 is 0. The van der Waals surface area contributed by atoms with Crippen LogP contribution in [0.4, 0.5) is 0 Å². The maximum Gasteiger partial charge on any atom is -0.0414 e. The van der Waals surface area contributed by atoms with Gasteiger partial charge in [-0.05, 0) is 5.92 Å². The van der Waals surface area contributed by atoms with Gasteiger partial charge in [-0.25, -0.2) is 0 Å². The minimum Gasteiger partial charge on any atom is -0.0776 e. The van der Waals surface area contributed by atoms with Crippen molar-refractivity contribution in [2.24, 2.45) is 5.92 Å². The summed E-state index contributed by atoms with van der Waals surface area (Å²) in [6.45, 7) is 2.29. The zero-order valence-corrected chi connectivity index (χ0v) is 7.94. The molecule has 0 aromatic heterocycles. The van der Waals surface area contributed by atoms with Gasteiger partial charge in [0.2, 0.25) is 0 Å². The highest BCUT2D eigenvalue weighted by Crippen LogP contribution is 2.27. The quantitative estimate of drug-likeness (QED) is 0.532. The molecule has 0 heterocycles. The van der Waals surface area contributed by atoms with Crippen LogP contribution < -0.4 is 0 Å². The van der Waals surface area contributed by atoms with Crippen molar-refractivity contribution in [2.45, 2.75) is 72.1 Å². The second kappa shape index (κ2) is 7.64. The van der Waals surface area contributed by atoms with Crippen molar-refractivity contribution in [1.82, 2.24) is 0 Å². The zero-order valence-electron chi connectivity index (χ0n) is 7.94. The largest absolute Gasteiger partial charge is 0.0776 e. The zero-order chi connectivity index (χ0) is 7.94. The van der Waals surface area contributed by atoms with Crippen molar-refractivity contribution in [2.75, 3.05) is 0 Å². The first-order valence-corrected chi connectivity index (χ1v) is 5.43. The molecule has 0 aliphatic heterocycles. The summed E-state index contributed by atoms with van der Waals surface area (Å²) in [6.07, 6.45) is 13.4. The molecule has 0 aromatic carbocycles. The fourth-order valence-electron chi connectivity index (χ4n) is 2.16. The van der Waals surface area contributed by atoms with E-state index >= 15 is 0 Å². The summed E-state index contributed by atoms with van der Waals surface area (Å²) in [5, 5.41) is 0. The first kappa shape index (κ1) is 12.0. The molecule has 0 radical (unpaired) electrons. The first-order chi connectivity index (χ1) is 5.43. The van der Waals surface area contributed by atoms with E-state index in [1.807, 2.05) is 0 Å². The van der Waals surface area contributed by atoms with Crippen molar-refractivity contribution in [3.63, 3.8) is 0 Å². The smallest absolute Gasteiger partial charge is 0.0414 e. The Bertz CT molecular complexity index is 80.0. The molecule has 1 fully saturated rings. The summed E-state index contributed by atoms with van der Waals surface area (Å²) in [4.78, 5) is 0. The maximum absolute atomic E-state index is 2.29. The van der Waals surface area contributed by atoms with Crippen LogP contribution in [0, 0.1) is 5.92 Å². The van der Waals surface area contributed by atoms with Crippen LogP contribution >= 0.6 is 0 Å². The lowest BCUT2D eigenvalue weighted by molar-refractivity contribution is 0.329. The molecule has 0 aromatic rings. The van der Waals surface area contributed by atoms with E-state index in [1.165, 1.54) is 57.8 Å². The first-order valence-electron chi connectivity index (χ1n) is 5.43. The molecule has 0 atom stereocenters. The summed E-state index contributed by atoms with van der Waals surface area (Å²) >= 11 is 0. The van der Waals surface area contributed by atoms with Gasteiger partial charge in [0, 0.05) is 0 Å². The SMILES string of the molecule is C.CCCCCC1CCCCC1. The Balaban J connectivity index is 0.00000121. The van der Waals surface area contributed by atoms with E-state index in [0.717, 1.165) is 5.92 Å². The second-order valence-corrected chi connectivity index (χ2v) is 4.00. The van der Waals surface area contributed by atoms with E-state index < -0.39 is 0 Å². The fourth-order valence-corrected chi connectivity index (χ4v) is 2.16. The van der Waals surface area contributed by atoms with Crippen molar-refractivity contribution in [1.29, 1.82) is 0 Å². The highest BCUT2D eigenvalue weighted by molar-refractivity contribution is 4.65. The lowest BCUT2D eigenvalue weighted by Crippen LogP contribution is -2.05. The molecule has 1 rings (SSSR count). The van der Waals surface area contributed by atoms with E-state index in [1.54, 1.807) is 0 Å². The highest BCUT2D eigenvalue weighted by Gasteiger charge is 2.11. The molecule has 0 nitrogen and oxygen atoms in total. The van der Waals surface area contributed by atoms with Crippen LogP contribution in [-0.4, -0.2) is 0 Å². The predicted molar refractivity (Wildman–Crippen MR) is 57.4 cm³/mol. The molecule has 74 valence electrons. The molecule has 0 saturated heterocycles. The van der Waals surface area contributed by atoms with Crippen LogP contribution in [0.25, 0.3) is 0 Å². The number of hydrogen-bond donors (Lipinski definition) is 0. The Hall–Kier alpha value is 0. The van der Waals surface area contributed by atoms with E-state index in [0.29, 0.717) is 0 Å². The lowest BCUT2D eigenvalue weighted by Gasteiger charge is -2.20. The van der Waals surface area contributed by atoms with Crippen LogP contribution in [0.1, 0.15) is 72.1 Å². The molecule has 1 saturated carbocycles.